The van der Waals surface area contributed by atoms with E-state index < -0.39 is 0 Å². The largest absolute Gasteiger partial charge is 0.351 e. The molecule has 0 heterocycles. The molecular formula is C20H16Br2FNO2S. The molecule has 0 aliphatic carbocycles. The van der Waals surface area contributed by atoms with E-state index >= 15 is 0 Å². The lowest BCUT2D eigenvalue weighted by Crippen LogP contribution is -2.30. The molecule has 0 aromatic heterocycles. The molecule has 0 spiro atoms. The van der Waals surface area contributed by atoms with E-state index in [-0.39, 0.29) is 36.9 Å². The van der Waals surface area contributed by atoms with E-state index in [1.165, 1.54) is 18.2 Å². The number of carbonyl (C=O) groups is 2. The number of allylic oxidation sites excluding steroid dienone is 1. The fourth-order valence-corrected chi connectivity index (χ4v) is 3.77. The summed E-state index contributed by atoms with van der Waals surface area (Å²) in [6.45, 7) is 0.150. The van der Waals surface area contributed by atoms with Crippen LogP contribution >= 0.6 is 44.1 Å². The molecule has 2 aromatic rings. The highest BCUT2D eigenvalue weighted by atomic mass is 79.9. The van der Waals surface area contributed by atoms with Crippen molar-refractivity contribution in [2.45, 2.75) is 12.8 Å². The Balaban J connectivity index is 1.77. The number of hydrogen-bond donors (Lipinski definition) is 1. The highest BCUT2D eigenvalue weighted by Crippen LogP contribution is 2.20. The Bertz CT molecular complexity index is 862. The topological polar surface area (TPSA) is 46.2 Å². The maximum atomic E-state index is 12.9. The second kappa shape index (κ2) is 10.6. The number of hydrogen-bond acceptors (Lipinski definition) is 3. The molecule has 7 heteroatoms. The second-order valence-electron chi connectivity index (χ2n) is 5.80. The quantitative estimate of drug-likeness (QED) is 0.397. The molecule has 1 amide bonds. The molecule has 2 rings (SSSR count). The maximum absolute atomic E-state index is 12.9. The highest BCUT2D eigenvalue weighted by Gasteiger charge is 2.07. The van der Waals surface area contributed by atoms with Crippen LogP contribution in [0.3, 0.4) is 0 Å². The van der Waals surface area contributed by atoms with E-state index in [4.69, 9.17) is 12.2 Å². The molecule has 140 valence electrons. The van der Waals surface area contributed by atoms with Crippen LogP contribution in [0.4, 0.5) is 4.39 Å². The molecule has 0 aliphatic rings. The van der Waals surface area contributed by atoms with Crippen molar-refractivity contribution in [1.29, 1.82) is 0 Å². The number of ketones is 1. The molecule has 0 saturated heterocycles. The minimum Gasteiger partial charge on any atom is -0.351 e. The van der Waals surface area contributed by atoms with Crippen LogP contribution in [-0.2, 0) is 16.0 Å². The van der Waals surface area contributed by atoms with Gasteiger partial charge in [0.2, 0.25) is 5.91 Å². The van der Waals surface area contributed by atoms with Gasteiger partial charge in [-0.2, -0.15) is 0 Å². The number of halogens is 3. The standard InChI is InChI=1S/C20H16Br2FNO2S/c21-15-7-14(8-16(22)10-15)3-6-18(25)11-19(27)12-24-20(26)9-13-1-4-17(23)5-2-13/h1-8,10H,9,11-12H2,(H,24,26)/b6-3+. The van der Waals surface area contributed by atoms with Gasteiger partial charge in [0.1, 0.15) is 5.82 Å². The fourth-order valence-electron chi connectivity index (χ4n) is 2.22. The van der Waals surface area contributed by atoms with Crippen molar-refractivity contribution in [1.82, 2.24) is 5.32 Å². The van der Waals surface area contributed by atoms with Gasteiger partial charge in [-0.3, -0.25) is 9.59 Å². The van der Waals surface area contributed by atoms with Crippen LogP contribution in [0.1, 0.15) is 17.5 Å². The summed E-state index contributed by atoms with van der Waals surface area (Å²) in [5.74, 6) is -0.711. The maximum Gasteiger partial charge on any atom is 0.224 e. The van der Waals surface area contributed by atoms with Crippen LogP contribution in [0.25, 0.3) is 6.08 Å². The fraction of sp³-hybridized carbons (Fsp3) is 0.150. The van der Waals surface area contributed by atoms with Crippen molar-refractivity contribution >= 4 is 66.7 Å². The summed E-state index contributed by atoms with van der Waals surface area (Å²) >= 11 is 12.0. The van der Waals surface area contributed by atoms with E-state index in [0.29, 0.717) is 10.4 Å². The van der Waals surface area contributed by atoms with Crippen LogP contribution in [-0.4, -0.2) is 23.1 Å². The first-order valence-electron chi connectivity index (χ1n) is 8.01. The molecule has 0 unspecified atom stereocenters. The van der Waals surface area contributed by atoms with E-state index in [9.17, 15) is 14.0 Å². The first-order chi connectivity index (χ1) is 12.8. The Labute approximate surface area is 179 Å². The average molecular weight is 513 g/mol. The average Bonchev–Trinajstić information content (AvgIpc) is 2.59. The molecule has 0 radical (unpaired) electrons. The summed E-state index contributed by atoms with van der Waals surface area (Å²) < 4.78 is 14.7. The second-order valence-corrected chi connectivity index (χ2v) is 8.21. The van der Waals surface area contributed by atoms with Gasteiger partial charge in [0.05, 0.1) is 6.42 Å². The Morgan fingerprint density at radius 3 is 2.33 bits per heavy atom. The molecular weight excluding hydrogens is 497 g/mol. The SMILES string of the molecule is O=C(/C=C/c1cc(Br)cc(Br)c1)CC(=S)CNC(=O)Cc1ccc(F)cc1. The number of benzene rings is 2. The van der Waals surface area contributed by atoms with E-state index in [2.05, 4.69) is 37.2 Å². The first-order valence-corrected chi connectivity index (χ1v) is 10.0. The van der Waals surface area contributed by atoms with Gasteiger partial charge in [0.15, 0.2) is 5.78 Å². The number of amides is 1. The van der Waals surface area contributed by atoms with E-state index in [1.807, 2.05) is 18.2 Å². The van der Waals surface area contributed by atoms with Gasteiger partial charge in [-0.15, -0.1) is 0 Å². The van der Waals surface area contributed by atoms with Crippen LogP contribution in [0.2, 0.25) is 0 Å². The van der Waals surface area contributed by atoms with Crippen molar-refractivity contribution in [2.75, 3.05) is 6.54 Å². The normalized spacial score (nSPS) is 10.8. The van der Waals surface area contributed by atoms with Gasteiger partial charge in [0.25, 0.3) is 0 Å². The van der Waals surface area contributed by atoms with Crippen LogP contribution in [0.5, 0.6) is 0 Å². The Morgan fingerprint density at radius 2 is 1.70 bits per heavy atom. The molecule has 0 fully saturated rings. The summed E-state index contributed by atoms with van der Waals surface area (Å²) in [6.07, 6.45) is 3.40. The Morgan fingerprint density at radius 1 is 1.07 bits per heavy atom. The summed E-state index contributed by atoms with van der Waals surface area (Å²) in [4.78, 5) is 24.4. The Kier molecular flexibility index (Phi) is 8.47. The summed E-state index contributed by atoms with van der Waals surface area (Å²) in [6, 6.07) is 11.4. The number of rotatable bonds is 8. The lowest BCUT2D eigenvalue weighted by molar-refractivity contribution is -0.120. The zero-order valence-corrected chi connectivity index (χ0v) is 18.2. The van der Waals surface area contributed by atoms with Gasteiger partial charge in [0, 0.05) is 26.8 Å². The van der Waals surface area contributed by atoms with Gasteiger partial charge >= 0.3 is 0 Å². The van der Waals surface area contributed by atoms with E-state index in [0.717, 1.165) is 14.5 Å². The van der Waals surface area contributed by atoms with Crippen molar-refractivity contribution < 1.29 is 14.0 Å². The highest BCUT2D eigenvalue weighted by molar-refractivity contribution is 9.11. The molecule has 2 aromatic carbocycles. The number of nitrogens with one attached hydrogen (secondary N) is 1. The van der Waals surface area contributed by atoms with Gasteiger partial charge in [-0.25, -0.2) is 4.39 Å². The molecule has 0 saturated carbocycles. The first kappa shape index (κ1) is 21.6. The molecule has 1 N–H and O–H groups in total. The number of thiocarbonyl (C=S) groups is 1. The summed E-state index contributed by atoms with van der Waals surface area (Å²) in [5, 5.41) is 2.68. The minimum absolute atomic E-state index is 0.0812. The van der Waals surface area contributed by atoms with Crippen LogP contribution < -0.4 is 5.32 Å². The predicted molar refractivity (Wildman–Crippen MR) is 116 cm³/mol. The summed E-state index contributed by atoms with van der Waals surface area (Å²) in [7, 11) is 0. The lowest BCUT2D eigenvalue weighted by Gasteiger charge is -2.06. The Hall–Kier alpha value is -1.70. The van der Waals surface area contributed by atoms with Crippen LogP contribution in [0.15, 0.2) is 57.5 Å². The van der Waals surface area contributed by atoms with Crippen molar-refractivity contribution in [2.24, 2.45) is 0 Å². The molecule has 3 nitrogen and oxygen atoms in total. The van der Waals surface area contributed by atoms with Crippen molar-refractivity contribution in [3.05, 3.63) is 74.4 Å². The monoisotopic (exact) mass is 511 g/mol. The third kappa shape index (κ3) is 8.24. The smallest absolute Gasteiger partial charge is 0.224 e. The molecule has 0 atom stereocenters. The lowest BCUT2D eigenvalue weighted by atomic mass is 10.1. The van der Waals surface area contributed by atoms with Crippen molar-refractivity contribution in [3.8, 4) is 0 Å². The molecule has 27 heavy (non-hydrogen) atoms. The molecule has 0 aliphatic heterocycles. The third-order valence-corrected chi connectivity index (χ3v) is 4.68. The number of carbonyl (C=O) groups excluding carboxylic acids is 2. The minimum atomic E-state index is -0.345. The van der Waals surface area contributed by atoms with E-state index in [1.54, 1.807) is 18.2 Å². The predicted octanol–water partition coefficient (Wildman–Crippen LogP) is 5.05. The van der Waals surface area contributed by atoms with Gasteiger partial charge in [-0.05, 0) is 47.5 Å². The van der Waals surface area contributed by atoms with Gasteiger partial charge < -0.3 is 5.32 Å². The zero-order valence-electron chi connectivity index (χ0n) is 14.2. The molecule has 0 bridgehead atoms. The van der Waals surface area contributed by atoms with Gasteiger partial charge in [-0.1, -0.05) is 62.3 Å². The zero-order chi connectivity index (χ0) is 19.8. The third-order valence-electron chi connectivity index (χ3n) is 3.48. The van der Waals surface area contributed by atoms with Crippen LogP contribution in [0, 0.1) is 5.82 Å². The summed E-state index contributed by atoms with van der Waals surface area (Å²) in [5.41, 5.74) is 1.59. The van der Waals surface area contributed by atoms with Crippen molar-refractivity contribution in [3.63, 3.8) is 0 Å².